The fourth-order valence-corrected chi connectivity index (χ4v) is 2.88. The van der Waals surface area contributed by atoms with Crippen LogP contribution in [0.25, 0.3) is 0 Å². The number of carbonyl (C=O) groups excluding carboxylic acids is 2. The van der Waals surface area contributed by atoms with Crippen molar-refractivity contribution in [3.05, 3.63) is 35.4 Å². The maximum atomic E-state index is 12.4. The van der Waals surface area contributed by atoms with Gasteiger partial charge in [0.25, 0.3) is 5.91 Å². The molecule has 0 bridgehead atoms. The molecule has 0 aromatic heterocycles. The quantitative estimate of drug-likeness (QED) is 0.853. The predicted octanol–water partition coefficient (Wildman–Crippen LogP) is 2.30. The number of benzene rings is 1. The van der Waals surface area contributed by atoms with Crippen LogP contribution in [0.4, 0.5) is 0 Å². The molecule has 2 rings (SSSR count). The van der Waals surface area contributed by atoms with Gasteiger partial charge in [0.2, 0.25) is 5.91 Å². The van der Waals surface area contributed by atoms with Gasteiger partial charge in [-0.15, -0.1) is 12.4 Å². The first kappa shape index (κ1) is 20.5. The van der Waals surface area contributed by atoms with Crippen LogP contribution >= 0.6 is 12.4 Å². The molecule has 1 aliphatic heterocycles. The van der Waals surface area contributed by atoms with Crippen LogP contribution in [-0.4, -0.2) is 54.8 Å². The highest BCUT2D eigenvalue weighted by molar-refractivity contribution is 5.93. The molecule has 1 atom stereocenters. The van der Waals surface area contributed by atoms with E-state index in [4.69, 9.17) is 0 Å². The summed E-state index contributed by atoms with van der Waals surface area (Å²) in [6, 6.07) is 7.85. The number of nitrogens with zero attached hydrogens (tertiary/aromatic N) is 2. The molecule has 24 heavy (non-hydrogen) atoms. The molecule has 2 amide bonds. The first-order valence-electron chi connectivity index (χ1n) is 8.33. The normalized spacial score (nSPS) is 16.4. The molecule has 0 saturated carbocycles. The van der Waals surface area contributed by atoms with Crippen LogP contribution < -0.4 is 5.32 Å². The number of rotatable bonds is 6. The van der Waals surface area contributed by atoms with Crippen molar-refractivity contribution in [3.63, 3.8) is 0 Å². The summed E-state index contributed by atoms with van der Waals surface area (Å²) in [6.07, 6.45) is 2.82. The Labute approximate surface area is 150 Å². The van der Waals surface area contributed by atoms with Gasteiger partial charge in [-0.25, -0.2) is 0 Å². The van der Waals surface area contributed by atoms with Crippen LogP contribution in [-0.2, 0) is 11.3 Å². The van der Waals surface area contributed by atoms with E-state index in [1.807, 2.05) is 36.1 Å². The summed E-state index contributed by atoms with van der Waals surface area (Å²) >= 11 is 0. The fraction of sp³-hybridized carbons (Fsp3) is 0.556. The lowest BCUT2D eigenvalue weighted by molar-refractivity contribution is -0.132. The summed E-state index contributed by atoms with van der Waals surface area (Å²) < 4.78 is 0. The molecule has 1 unspecified atom stereocenters. The molecule has 0 spiro atoms. The number of hydrogen-bond acceptors (Lipinski definition) is 3. The van der Waals surface area contributed by atoms with Crippen LogP contribution in [0, 0.1) is 0 Å². The Morgan fingerprint density at radius 3 is 2.38 bits per heavy atom. The van der Waals surface area contributed by atoms with Crippen molar-refractivity contribution in [1.29, 1.82) is 0 Å². The molecule has 1 aromatic carbocycles. The third-order valence-corrected chi connectivity index (χ3v) is 4.30. The summed E-state index contributed by atoms with van der Waals surface area (Å²) in [5.74, 6) is 0.188. The van der Waals surface area contributed by atoms with Crippen LogP contribution in [0.1, 0.15) is 42.1 Å². The largest absolute Gasteiger partial charge is 0.345 e. The summed E-state index contributed by atoms with van der Waals surface area (Å²) in [6.45, 7) is 4.32. The van der Waals surface area contributed by atoms with Crippen LogP contribution in [0.5, 0.6) is 0 Å². The molecule has 1 heterocycles. The lowest BCUT2D eigenvalue weighted by Crippen LogP contribution is -2.35. The average Bonchev–Trinajstić information content (AvgIpc) is 3.05. The van der Waals surface area contributed by atoms with E-state index in [-0.39, 0.29) is 24.2 Å². The first-order valence-corrected chi connectivity index (χ1v) is 8.33. The zero-order chi connectivity index (χ0) is 16.8. The Hall–Kier alpha value is -1.59. The van der Waals surface area contributed by atoms with Gasteiger partial charge in [0, 0.05) is 45.2 Å². The minimum Gasteiger partial charge on any atom is -0.345 e. The van der Waals surface area contributed by atoms with E-state index in [0.29, 0.717) is 31.1 Å². The Morgan fingerprint density at radius 2 is 1.88 bits per heavy atom. The molecule has 1 saturated heterocycles. The summed E-state index contributed by atoms with van der Waals surface area (Å²) in [5, 5.41) is 3.37. The Balaban J connectivity index is 0.00000288. The standard InChI is InChI=1S/C18H27N3O2.ClH/c1-4-21(17(22)12-16-6-5-11-19-16)13-14-7-9-15(10-8-14)18(23)20(2)3;/h7-10,16,19H,4-6,11-13H2,1-3H3;1H. The molecule has 0 radical (unpaired) electrons. The van der Waals surface area contributed by atoms with Crippen molar-refractivity contribution < 1.29 is 9.59 Å². The van der Waals surface area contributed by atoms with Gasteiger partial charge in [0.1, 0.15) is 0 Å². The minimum absolute atomic E-state index is 0. The third kappa shape index (κ3) is 5.49. The van der Waals surface area contributed by atoms with Crippen molar-refractivity contribution in [2.24, 2.45) is 0 Å². The molecule has 6 heteroatoms. The lowest BCUT2D eigenvalue weighted by Gasteiger charge is -2.23. The number of carbonyl (C=O) groups is 2. The number of halogens is 1. The monoisotopic (exact) mass is 353 g/mol. The van der Waals surface area contributed by atoms with Gasteiger partial charge in [-0.2, -0.15) is 0 Å². The Bertz CT molecular complexity index is 540. The number of hydrogen-bond donors (Lipinski definition) is 1. The SMILES string of the molecule is CCN(Cc1ccc(C(=O)N(C)C)cc1)C(=O)CC1CCCN1.Cl. The number of nitrogens with one attached hydrogen (secondary N) is 1. The average molecular weight is 354 g/mol. The van der Waals surface area contributed by atoms with Gasteiger partial charge in [0.15, 0.2) is 0 Å². The molecule has 1 aliphatic rings. The summed E-state index contributed by atoms with van der Waals surface area (Å²) in [5.41, 5.74) is 1.72. The minimum atomic E-state index is -0.00715. The maximum Gasteiger partial charge on any atom is 0.253 e. The summed E-state index contributed by atoms with van der Waals surface area (Å²) in [4.78, 5) is 27.8. The molecule has 134 valence electrons. The number of amides is 2. The molecule has 1 aromatic rings. The van der Waals surface area contributed by atoms with Gasteiger partial charge >= 0.3 is 0 Å². The van der Waals surface area contributed by atoms with E-state index in [9.17, 15) is 9.59 Å². The van der Waals surface area contributed by atoms with E-state index in [2.05, 4.69) is 5.32 Å². The zero-order valence-electron chi connectivity index (χ0n) is 14.7. The van der Waals surface area contributed by atoms with Gasteiger partial charge in [-0.05, 0) is 44.0 Å². The van der Waals surface area contributed by atoms with Crippen LogP contribution in [0.3, 0.4) is 0 Å². The summed E-state index contributed by atoms with van der Waals surface area (Å²) in [7, 11) is 3.48. The maximum absolute atomic E-state index is 12.4. The highest BCUT2D eigenvalue weighted by Gasteiger charge is 2.21. The fourth-order valence-electron chi connectivity index (χ4n) is 2.88. The topological polar surface area (TPSA) is 52.7 Å². The molecule has 0 aliphatic carbocycles. The lowest BCUT2D eigenvalue weighted by atomic mass is 10.1. The second-order valence-corrected chi connectivity index (χ2v) is 6.30. The second kappa shape index (κ2) is 9.64. The zero-order valence-corrected chi connectivity index (χ0v) is 15.6. The second-order valence-electron chi connectivity index (χ2n) is 6.30. The Morgan fingerprint density at radius 1 is 1.21 bits per heavy atom. The molecular formula is C18H28ClN3O2. The van der Waals surface area contributed by atoms with Crippen LogP contribution in [0.2, 0.25) is 0 Å². The smallest absolute Gasteiger partial charge is 0.253 e. The molecule has 1 N–H and O–H groups in total. The highest BCUT2D eigenvalue weighted by atomic mass is 35.5. The van der Waals surface area contributed by atoms with E-state index in [0.717, 1.165) is 24.9 Å². The van der Waals surface area contributed by atoms with Crippen molar-refractivity contribution in [2.45, 2.75) is 38.8 Å². The van der Waals surface area contributed by atoms with Crippen molar-refractivity contribution in [1.82, 2.24) is 15.1 Å². The van der Waals surface area contributed by atoms with Crippen molar-refractivity contribution in [2.75, 3.05) is 27.2 Å². The van der Waals surface area contributed by atoms with E-state index in [1.165, 1.54) is 0 Å². The van der Waals surface area contributed by atoms with Gasteiger partial charge in [-0.3, -0.25) is 9.59 Å². The van der Waals surface area contributed by atoms with Crippen molar-refractivity contribution >= 4 is 24.2 Å². The molecular weight excluding hydrogens is 326 g/mol. The van der Waals surface area contributed by atoms with E-state index < -0.39 is 0 Å². The van der Waals surface area contributed by atoms with E-state index >= 15 is 0 Å². The third-order valence-electron chi connectivity index (χ3n) is 4.30. The molecule has 1 fully saturated rings. The first-order chi connectivity index (χ1) is 11.0. The highest BCUT2D eigenvalue weighted by Crippen LogP contribution is 2.13. The Kier molecular flexibility index (Phi) is 8.22. The molecule has 5 nitrogen and oxygen atoms in total. The predicted molar refractivity (Wildman–Crippen MR) is 98.4 cm³/mol. The van der Waals surface area contributed by atoms with Crippen LogP contribution in [0.15, 0.2) is 24.3 Å². The van der Waals surface area contributed by atoms with Gasteiger partial charge in [-0.1, -0.05) is 12.1 Å². The van der Waals surface area contributed by atoms with Gasteiger partial charge < -0.3 is 15.1 Å². The van der Waals surface area contributed by atoms with Crippen molar-refractivity contribution in [3.8, 4) is 0 Å². The van der Waals surface area contributed by atoms with E-state index in [1.54, 1.807) is 19.0 Å². The van der Waals surface area contributed by atoms with Gasteiger partial charge in [0.05, 0.1) is 0 Å².